The van der Waals surface area contributed by atoms with Crippen molar-refractivity contribution in [2.45, 2.75) is 184 Å². The highest BCUT2D eigenvalue weighted by molar-refractivity contribution is 5.69. The molecule has 1 N–H and O–H groups in total. The van der Waals surface area contributed by atoms with Crippen molar-refractivity contribution in [3.8, 4) is 0 Å². The lowest BCUT2D eigenvalue weighted by Crippen LogP contribution is -2.34. The first kappa shape index (κ1) is 51.5. The molecular weight excluding hydrogens is 721 g/mol. The van der Waals surface area contributed by atoms with Gasteiger partial charge in [-0.05, 0) is 102 Å². The van der Waals surface area contributed by atoms with Gasteiger partial charge in [0, 0.05) is 12.3 Å². The molecule has 59 heavy (non-hydrogen) atoms. The van der Waals surface area contributed by atoms with Gasteiger partial charge in [0.15, 0.2) is 0 Å². The molecule has 0 radical (unpaired) electrons. The van der Waals surface area contributed by atoms with Crippen LogP contribution < -0.4 is 0 Å². The van der Waals surface area contributed by atoms with Gasteiger partial charge in [-0.25, -0.2) is 0 Å². The van der Waals surface area contributed by atoms with Crippen molar-refractivity contribution in [2.24, 2.45) is 16.7 Å². The van der Waals surface area contributed by atoms with Crippen LogP contribution in [0.4, 0.5) is 0 Å². The fraction of sp³-hybridized carbons (Fsp3) is 0.554. The summed E-state index contributed by atoms with van der Waals surface area (Å²) in [6, 6.07) is 0. The molecule has 326 valence electrons. The molecule has 3 heteroatoms. The van der Waals surface area contributed by atoms with E-state index in [9.17, 15) is 9.90 Å². The van der Waals surface area contributed by atoms with Gasteiger partial charge in [0.05, 0.1) is 6.10 Å². The van der Waals surface area contributed by atoms with E-state index in [-0.39, 0.29) is 29.0 Å². The summed E-state index contributed by atoms with van der Waals surface area (Å²) < 4.78 is 5.94. The predicted octanol–water partition coefficient (Wildman–Crippen LogP) is 16.2. The number of hydrogen-bond acceptors (Lipinski definition) is 3. The Morgan fingerprint density at radius 3 is 1.86 bits per heavy atom. The van der Waals surface area contributed by atoms with E-state index >= 15 is 0 Å². The number of unbranched alkanes of at least 4 members (excludes halogenated alkanes) is 11. The zero-order valence-electron chi connectivity index (χ0n) is 39.0. The summed E-state index contributed by atoms with van der Waals surface area (Å²) in [4.78, 5) is 12.7. The molecular formula is C56H84O3. The number of hydrogen-bond donors (Lipinski definition) is 1. The van der Waals surface area contributed by atoms with Crippen molar-refractivity contribution in [1.82, 2.24) is 0 Å². The molecule has 0 bridgehead atoms. The van der Waals surface area contributed by atoms with E-state index in [1.165, 1.54) is 98.5 Å². The summed E-state index contributed by atoms with van der Waals surface area (Å²) in [5, 5.41) is 10.1. The Labute approximate surface area is 363 Å². The number of carbonyl (C=O) groups excluding carboxylic acids is 1. The topological polar surface area (TPSA) is 46.5 Å². The molecule has 0 aromatic rings. The highest BCUT2D eigenvalue weighted by Crippen LogP contribution is 2.43. The van der Waals surface area contributed by atoms with Gasteiger partial charge in [-0.2, -0.15) is 0 Å². The third-order valence-electron chi connectivity index (χ3n) is 11.7. The molecule has 3 unspecified atom stereocenters. The maximum absolute atomic E-state index is 12.7. The van der Waals surface area contributed by atoms with E-state index in [0.717, 1.165) is 32.1 Å². The zero-order chi connectivity index (χ0) is 43.4. The Balaban J connectivity index is 1.66. The normalized spacial score (nSPS) is 22.0. The maximum Gasteiger partial charge on any atom is 0.306 e. The first-order chi connectivity index (χ1) is 28.2. The summed E-state index contributed by atoms with van der Waals surface area (Å²) in [5.74, 6) is 0.251. The minimum absolute atomic E-state index is 0.00134. The third-order valence-corrected chi connectivity index (χ3v) is 11.7. The van der Waals surface area contributed by atoms with Crippen molar-refractivity contribution < 1.29 is 14.6 Å². The molecule has 2 aliphatic rings. The Kier molecular flexibility index (Phi) is 25.7. The molecule has 2 aliphatic carbocycles. The standard InChI is InChI=1S/C56H84O3/c1-10-11-12-13-14-15-16-17-18-19-20-24-27-30-33-39-54(58)59-51-43-49(5)52(56(8,9)45-51)38-32-29-26-23-21-22-25-28-31-35-46(2)36-34-37-47(3)40-41-53-48(4)42-50(57)44-55(53,6)7/h17-18,21-23,25-26,28-29,31-32,34-38,40-41,43,50-52,57H,10-16,19-20,24,27,30,33,39,42,44-45H2,1-9H3. The Morgan fingerprint density at radius 2 is 1.25 bits per heavy atom. The summed E-state index contributed by atoms with van der Waals surface area (Å²) in [7, 11) is 0. The molecule has 3 atom stereocenters. The number of aliphatic hydroxyl groups is 1. The van der Waals surface area contributed by atoms with Crippen molar-refractivity contribution in [3.05, 3.63) is 143 Å². The van der Waals surface area contributed by atoms with Crippen LogP contribution in [0.2, 0.25) is 0 Å². The molecule has 3 nitrogen and oxygen atoms in total. The summed E-state index contributed by atoms with van der Waals surface area (Å²) >= 11 is 0. The first-order valence-electron chi connectivity index (χ1n) is 23.2. The smallest absolute Gasteiger partial charge is 0.306 e. The van der Waals surface area contributed by atoms with Gasteiger partial charge in [0.2, 0.25) is 0 Å². The fourth-order valence-corrected chi connectivity index (χ4v) is 8.46. The molecule has 2 rings (SSSR count). The van der Waals surface area contributed by atoms with Crippen molar-refractivity contribution in [2.75, 3.05) is 0 Å². The molecule has 0 saturated heterocycles. The lowest BCUT2D eigenvalue weighted by Gasteiger charge is -2.39. The van der Waals surface area contributed by atoms with Crippen LogP contribution in [0.1, 0.15) is 171 Å². The number of allylic oxidation sites excluding steroid dienone is 22. The fourth-order valence-electron chi connectivity index (χ4n) is 8.46. The zero-order valence-corrected chi connectivity index (χ0v) is 39.0. The van der Waals surface area contributed by atoms with E-state index in [4.69, 9.17) is 4.74 Å². The molecule has 0 aliphatic heterocycles. The second kappa shape index (κ2) is 29.5. The summed E-state index contributed by atoms with van der Waals surface area (Å²) in [5.41, 5.74) is 6.28. The average Bonchev–Trinajstić information content (AvgIpc) is 3.15. The Bertz CT molecular complexity index is 1600. The lowest BCUT2D eigenvalue weighted by molar-refractivity contribution is -0.148. The Morgan fingerprint density at radius 1 is 0.712 bits per heavy atom. The van der Waals surface area contributed by atoms with Crippen LogP contribution in [0, 0.1) is 16.7 Å². The largest absolute Gasteiger partial charge is 0.458 e. The maximum atomic E-state index is 12.7. The van der Waals surface area contributed by atoms with Gasteiger partial charge < -0.3 is 9.84 Å². The van der Waals surface area contributed by atoms with Crippen LogP contribution in [0.5, 0.6) is 0 Å². The van der Waals surface area contributed by atoms with Gasteiger partial charge in [-0.3, -0.25) is 4.79 Å². The van der Waals surface area contributed by atoms with Gasteiger partial charge in [-0.15, -0.1) is 0 Å². The van der Waals surface area contributed by atoms with Crippen molar-refractivity contribution in [3.63, 3.8) is 0 Å². The van der Waals surface area contributed by atoms with E-state index in [1.54, 1.807) is 0 Å². The van der Waals surface area contributed by atoms with Crippen LogP contribution in [-0.4, -0.2) is 23.3 Å². The molecule has 0 saturated carbocycles. The minimum Gasteiger partial charge on any atom is -0.458 e. The average molecular weight is 805 g/mol. The van der Waals surface area contributed by atoms with Gasteiger partial charge >= 0.3 is 5.97 Å². The number of rotatable bonds is 26. The van der Waals surface area contributed by atoms with E-state index < -0.39 is 0 Å². The quantitative estimate of drug-likeness (QED) is 0.0410. The van der Waals surface area contributed by atoms with E-state index in [0.29, 0.717) is 12.3 Å². The summed E-state index contributed by atoms with van der Waals surface area (Å²) in [6.45, 7) is 19.8. The van der Waals surface area contributed by atoms with Crippen LogP contribution in [0.25, 0.3) is 0 Å². The van der Waals surface area contributed by atoms with Crippen molar-refractivity contribution in [1.29, 1.82) is 0 Å². The van der Waals surface area contributed by atoms with E-state index in [2.05, 4.69) is 147 Å². The van der Waals surface area contributed by atoms with Crippen LogP contribution in [0.15, 0.2) is 143 Å². The van der Waals surface area contributed by atoms with Crippen LogP contribution >= 0.6 is 0 Å². The lowest BCUT2D eigenvalue weighted by atomic mass is 9.67. The van der Waals surface area contributed by atoms with Gasteiger partial charge in [0.1, 0.15) is 6.10 Å². The number of aliphatic hydroxyl groups excluding tert-OH is 1. The highest BCUT2D eigenvalue weighted by Gasteiger charge is 2.36. The summed E-state index contributed by atoms with van der Waals surface area (Å²) in [6.07, 6.45) is 59.4. The molecule has 0 aromatic carbocycles. The molecule has 0 heterocycles. The van der Waals surface area contributed by atoms with Crippen molar-refractivity contribution >= 4 is 5.97 Å². The monoisotopic (exact) mass is 805 g/mol. The predicted molar refractivity (Wildman–Crippen MR) is 258 cm³/mol. The highest BCUT2D eigenvalue weighted by atomic mass is 16.5. The number of carbonyl (C=O) groups is 1. The molecule has 0 fully saturated rings. The second-order valence-electron chi connectivity index (χ2n) is 18.5. The minimum atomic E-state index is -0.232. The second-order valence-corrected chi connectivity index (χ2v) is 18.5. The molecule has 0 aromatic heterocycles. The SMILES string of the molecule is CCCCCCCCC=CCCCCCCCC(=O)OC1C=C(C)C(C=CC=CC=CC=CC=CC=C(C)C=CC=C(C)C=CC2=C(C)CC(O)CC2(C)C)C(C)(C)C1. The first-order valence-corrected chi connectivity index (χ1v) is 23.2. The third kappa shape index (κ3) is 23.0. The Hall–Kier alpha value is -3.69. The number of ether oxygens (including phenoxy) is 1. The van der Waals surface area contributed by atoms with E-state index in [1.807, 2.05) is 30.4 Å². The van der Waals surface area contributed by atoms with Crippen LogP contribution in [0.3, 0.4) is 0 Å². The molecule has 0 spiro atoms. The molecule has 0 amide bonds. The number of esters is 1. The van der Waals surface area contributed by atoms with Gasteiger partial charge in [-0.1, -0.05) is 218 Å². The van der Waals surface area contributed by atoms with Crippen LogP contribution in [-0.2, 0) is 9.53 Å². The van der Waals surface area contributed by atoms with Gasteiger partial charge in [0.25, 0.3) is 0 Å².